The van der Waals surface area contributed by atoms with Crippen molar-refractivity contribution < 1.29 is 9.32 Å². The highest BCUT2D eigenvalue weighted by Gasteiger charge is 2.17. The Balaban J connectivity index is 2.28. The molecule has 0 bridgehead atoms. The van der Waals surface area contributed by atoms with Gasteiger partial charge in [-0.25, -0.2) is 0 Å². The van der Waals surface area contributed by atoms with Crippen LogP contribution in [0.2, 0.25) is 0 Å². The van der Waals surface area contributed by atoms with Gasteiger partial charge in [0, 0.05) is 7.05 Å². The van der Waals surface area contributed by atoms with E-state index in [2.05, 4.69) is 15.6 Å². The van der Waals surface area contributed by atoms with Gasteiger partial charge in [-0.15, -0.1) is 0 Å². The summed E-state index contributed by atoms with van der Waals surface area (Å²) in [5.41, 5.74) is 7.31. The minimum atomic E-state index is -0.321. The van der Waals surface area contributed by atoms with Crippen LogP contribution in [0.3, 0.4) is 0 Å². The fourth-order valence-electron chi connectivity index (χ4n) is 1.51. The molecule has 3 N–H and O–H groups in total. The smallest absolute Gasteiger partial charge is 0.262 e. The molecule has 0 saturated heterocycles. The summed E-state index contributed by atoms with van der Waals surface area (Å²) in [4.78, 5) is 11.9. The summed E-state index contributed by atoms with van der Waals surface area (Å²) in [6.07, 6.45) is 1.37. The molecule has 7 heteroatoms. The van der Waals surface area contributed by atoms with Gasteiger partial charge in [-0.05, 0) is 13.8 Å². The molecule has 2 heterocycles. The number of nitrogens with one attached hydrogen (secondary N) is 1. The molecule has 0 saturated carbocycles. The molecule has 0 radical (unpaired) electrons. The Morgan fingerprint density at radius 3 is 2.71 bits per heavy atom. The molecular formula is C10H13N5O2. The number of carbonyl (C=O) groups excluding carboxylic acids is 1. The SMILES string of the molecule is Cc1nn(C)c(NC(=O)c2cnoc2C)c1N. The van der Waals surface area contributed by atoms with Gasteiger partial charge in [-0.2, -0.15) is 5.10 Å². The van der Waals surface area contributed by atoms with Crippen molar-refractivity contribution in [1.82, 2.24) is 14.9 Å². The number of aryl methyl sites for hydroxylation is 3. The molecule has 17 heavy (non-hydrogen) atoms. The van der Waals surface area contributed by atoms with Gasteiger partial charge in [0.1, 0.15) is 11.3 Å². The van der Waals surface area contributed by atoms with E-state index < -0.39 is 0 Å². The van der Waals surface area contributed by atoms with Crippen LogP contribution in [-0.4, -0.2) is 20.8 Å². The fourth-order valence-corrected chi connectivity index (χ4v) is 1.51. The second kappa shape index (κ2) is 3.93. The van der Waals surface area contributed by atoms with Gasteiger partial charge in [-0.3, -0.25) is 9.48 Å². The lowest BCUT2D eigenvalue weighted by molar-refractivity contribution is 0.102. The predicted molar refractivity (Wildman–Crippen MR) is 61.6 cm³/mol. The van der Waals surface area contributed by atoms with Crippen LogP contribution in [0.5, 0.6) is 0 Å². The number of hydrogen-bond donors (Lipinski definition) is 2. The molecular weight excluding hydrogens is 222 g/mol. The van der Waals surface area contributed by atoms with Crippen LogP contribution in [0.15, 0.2) is 10.7 Å². The molecule has 0 aliphatic rings. The van der Waals surface area contributed by atoms with Crippen molar-refractivity contribution in [1.29, 1.82) is 0 Å². The van der Waals surface area contributed by atoms with Gasteiger partial charge in [-0.1, -0.05) is 5.16 Å². The van der Waals surface area contributed by atoms with Gasteiger partial charge in [0.25, 0.3) is 5.91 Å². The second-order valence-corrected chi connectivity index (χ2v) is 3.72. The van der Waals surface area contributed by atoms with E-state index in [1.165, 1.54) is 10.9 Å². The largest absolute Gasteiger partial charge is 0.394 e. The third kappa shape index (κ3) is 1.86. The molecule has 0 unspecified atom stereocenters. The third-order valence-corrected chi connectivity index (χ3v) is 2.50. The Morgan fingerprint density at radius 2 is 2.24 bits per heavy atom. The fraction of sp³-hybridized carbons (Fsp3) is 0.300. The minimum Gasteiger partial charge on any atom is -0.394 e. The van der Waals surface area contributed by atoms with Gasteiger partial charge >= 0.3 is 0 Å². The number of nitrogen functional groups attached to an aromatic ring is 1. The average molecular weight is 235 g/mol. The van der Waals surface area contributed by atoms with Crippen LogP contribution in [0.25, 0.3) is 0 Å². The quantitative estimate of drug-likeness (QED) is 0.804. The predicted octanol–water partition coefficient (Wildman–Crippen LogP) is 0.859. The Labute approximate surface area is 97.6 Å². The van der Waals surface area contributed by atoms with E-state index in [1.54, 1.807) is 20.9 Å². The lowest BCUT2D eigenvalue weighted by Gasteiger charge is -2.05. The lowest BCUT2D eigenvalue weighted by Crippen LogP contribution is -2.15. The first-order valence-electron chi connectivity index (χ1n) is 5.02. The Morgan fingerprint density at radius 1 is 1.53 bits per heavy atom. The van der Waals surface area contributed by atoms with Crippen molar-refractivity contribution in [3.8, 4) is 0 Å². The summed E-state index contributed by atoms with van der Waals surface area (Å²) in [7, 11) is 1.71. The summed E-state index contributed by atoms with van der Waals surface area (Å²) in [5, 5.41) is 10.3. The van der Waals surface area contributed by atoms with E-state index >= 15 is 0 Å². The number of rotatable bonds is 2. The van der Waals surface area contributed by atoms with Crippen LogP contribution in [0, 0.1) is 13.8 Å². The summed E-state index contributed by atoms with van der Waals surface area (Å²) in [6.45, 7) is 3.44. The van der Waals surface area contributed by atoms with Crippen molar-refractivity contribution in [3.63, 3.8) is 0 Å². The highest BCUT2D eigenvalue weighted by molar-refractivity contribution is 6.05. The molecule has 7 nitrogen and oxygen atoms in total. The summed E-state index contributed by atoms with van der Waals surface area (Å²) in [5.74, 6) is 0.603. The molecule has 2 rings (SSSR count). The minimum absolute atomic E-state index is 0.321. The Bertz CT molecular complexity index is 569. The highest BCUT2D eigenvalue weighted by Crippen LogP contribution is 2.21. The van der Waals surface area contributed by atoms with Crippen LogP contribution in [0.4, 0.5) is 11.5 Å². The maximum Gasteiger partial charge on any atom is 0.262 e. The maximum absolute atomic E-state index is 11.9. The number of anilines is 2. The first kappa shape index (κ1) is 11.2. The molecule has 0 fully saturated rings. The molecule has 0 aromatic carbocycles. The molecule has 90 valence electrons. The standard InChI is InChI=1S/C10H13N5O2/c1-5-8(11)9(15(3)14-5)13-10(16)7-4-12-17-6(7)2/h4H,11H2,1-3H3,(H,13,16). The second-order valence-electron chi connectivity index (χ2n) is 3.72. The van der Waals surface area contributed by atoms with Gasteiger partial charge < -0.3 is 15.6 Å². The molecule has 0 spiro atoms. The van der Waals surface area contributed by atoms with E-state index in [9.17, 15) is 4.79 Å². The number of hydrogen-bond acceptors (Lipinski definition) is 5. The van der Waals surface area contributed by atoms with E-state index in [0.29, 0.717) is 28.5 Å². The van der Waals surface area contributed by atoms with Crippen LogP contribution in [0.1, 0.15) is 21.8 Å². The summed E-state index contributed by atoms with van der Waals surface area (Å²) < 4.78 is 6.34. The molecule has 2 aromatic heterocycles. The zero-order valence-electron chi connectivity index (χ0n) is 9.81. The van der Waals surface area contributed by atoms with Crippen molar-refractivity contribution in [3.05, 3.63) is 23.2 Å². The first-order chi connectivity index (χ1) is 8.00. The lowest BCUT2D eigenvalue weighted by atomic mass is 10.2. The topological polar surface area (TPSA) is 99.0 Å². The molecule has 0 aliphatic heterocycles. The zero-order chi connectivity index (χ0) is 12.6. The Hall–Kier alpha value is -2.31. The van der Waals surface area contributed by atoms with E-state index in [4.69, 9.17) is 10.3 Å². The van der Waals surface area contributed by atoms with Crippen LogP contribution >= 0.6 is 0 Å². The average Bonchev–Trinajstić information content (AvgIpc) is 2.78. The van der Waals surface area contributed by atoms with Crippen molar-refractivity contribution >= 4 is 17.4 Å². The highest BCUT2D eigenvalue weighted by atomic mass is 16.5. The molecule has 1 amide bonds. The summed E-state index contributed by atoms with van der Waals surface area (Å²) in [6, 6.07) is 0. The molecule has 0 atom stereocenters. The normalized spacial score (nSPS) is 10.5. The Kier molecular flexibility index (Phi) is 2.58. The van der Waals surface area contributed by atoms with E-state index in [-0.39, 0.29) is 5.91 Å². The number of nitrogens with zero attached hydrogens (tertiary/aromatic N) is 3. The van der Waals surface area contributed by atoms with Gasteiger partial charge in [0.15, 0.2) is 5.82 Å². The summed E-state index contributed by atoms with van der Waals surface area (Å²) >= 11 is 0. The number of aromatic nitrogens is 3. The van der Waals surface area contributed by atoms with Crippen LogP contribution < -0.4 is 11.1 Å². The van der Waals surface area contributed by atoms with E-state index in [0.717, 1.165) is 0 Å². The maximum atomic E-state index is 11.9. The van der Waals surface area contributed by atoms with E-state index in [1.807, 2.05) is 0 Å². The van der Waals surface area contributed by atoms with Gasteiger partial charge in [0.05, 0.1) is 17.6 Å². The number of carbonyl (C=O) groups is 1. The molecule has 0 aliphatic carbocycles. The third-order valence-electron chi connectivity index (χ3n) is 2.50. The first-order valence-corrected chi connectivity index (χ1v) is 5.02. The molecule has 2 aromatic rings. The van der Waals surface area contributed by atoms with Crippen molar-refractivity contribution in [2.24, 2.45) is 7.05 Å². The number of amides is 1. The van der Waals surface area contributed by atoms with Crippen molar-refractivity contribution in [2.45, 2.75) is 13.8 Å². The number of nitrogens with two attached hydrogens (primary N) is 1. The van der Waals surface area contributed by atoms with Crippen LogP contribution in [-0.2, 0) is 7.05 Å². The monoisotopic (exact) mass is 235 g/mol. The zero-order valence-corrected chi connectivity index (χ0v) is 9.81. The van der Waals surface area contributed by atoms with Gasteiger partial charge in [0.2, 0.25) is 0 Å². The van der Waals surface area contributed by atoms with Crippen molar-refractivity contribution in [2.75, 3.05) is 11.1 Å².